The quantitative estimate of drug-likeness (QED) is 0.498. The van der Waals surface area contributed by atoms with Crippen LogP contribution < -0.4 is 0 Å². The number of hydrogen-bond donors (Lipinski definition) is 1. The average Bonchev–Trinajstić information content (AvgIpc) is 3.32. The highest BCUT2D eigenvalue weighted by molar-refractivity contribution is 8.15. The lowest BCUT2D eigenvalue weighted by molar-refractivity contribution is -0.126. The Morgan fingerprint density at radius 3 is 2.45 bits per heavy atom. The predicted molar refractivity (Wildman–Crippen MR) is 121 cm³/mol. The zero-order chi connectivity index (χ0) is 22.0. The minimum atomic E-state index is -1.01. The van der Waals surface area contributed by atoms with Gasteiger partial charge in [-0.15, -0.1) is 0 Å². The number of rotatable bonds is 6. The Morgan fingerprint density at radius 1 is 1.13 bits per heavy atom. The van der Waals surface area contributed by atoms with Crippen LogP contribution >= 0.6 is 35.0 Å². The fourth-order valence-electron chi connectivity index (χ4n) is 3.16. The fraction of sp³-hybridized carbons (Fsp3) is 0.136. The molecule has 0 radical (unpaired) electrons. The van der Waals surface area contributed by atoms with Gasteiger partial charge < -0.3 is 9.52 Å². The maximum absolute atomic E-state index is 13.2. The van der Waals surface area contributed by atoms with Crippen molar-refractivity contribution < 1.29 is 19.1 Å². The molecule has 31 heavy (non-hydrogen) atoms. The highest BCUT2D eigenvalue weighted by Crippen LogP contribution is 2.34. The molecule has 158 valence electrons. The van der Waals surface area contributed by atoms with Crippen molar-refractivity contribution in [2.24, 2.45) is 4.99 Å². The highest BCUT2D eigenvalue weighted by atomic mass is 35.5. The number of thioether (sulfide) groups is 1. The summed E-state index contributed by atoms with van der Waals surface area (Å²) >= 11 is 13.5. The smallest absolute Gasteiger partial charge is 0.335 e. The number of carbonyl (C=O) groups excluding carboxylic acids is 1. The molecule has 0 bridgehead atoms. The van der Waals surface area contributed by atoms with Crippen LogP contribution in [0.15, 0.2) is 70.3 Å². The lowest BCUT2D eigenvalue weighted by atomic mass is 10.1. The van der Waals surface area contributed by atoms with E-state index >= 15 is 0 Å². The van der Waals surface area contributed by atoms with Gasteiger partial charge in [-0.05, 0) is 66.6 Å². The molecule has 0 aliphatic carbocycles. The molecule has 2 heterocycles. The Morgan fingerprint density at radius 2 is 1.84 bits per heavy atom. The van der Waals surface area contributed by atoms with E-state index in [0.717, 1.165) is 5.56 Å². The minimum Gasteiger partial charge on any atom is -0.478 e. The van der Waals surface area contributed by atoms with Gasteiger partial charge in [0.1, 0.15) is 5.76 Å². The van der Waals surface area contributed by atoms with E-state index in [1.165, 1.54) is 23.9 Å². The molecule has 4 rings (SSSR count). The van der Waals surface area contributed by atoms with Crippen molar-refractivity contribution in [3.05, 3.63) is 87.8 Å². The first-order valence-corrected chi connectivity index (χ1v) is 10.9. The minimum absolute atomic E-state index is 0.0987. The lowest BCUT2D eigenvalue weighted by Gasteiger charge is -2.15. The molecule has 1 atom stereocenters. The number of nitrogens with zero attached hydrogens (tertiary/aromatic N) is 2. The first kappa shape index (κ1) is 21.5. The number of benzene rings is 2. The predicted octanol–water partition coefficient (Wildman–Crippen LogP) is 5.66. The van der Waals surface area contributed by atoms with Gasteiger partial charge in [0.15, 0.2) is 5.17 Å². The van der Waals surface area contributed by atoms with E-state index in [1.807, 2.05) is 0 Å². The standard InChI is InChI=1S/C22H16Cl2N2O4S/c23-15-8-13(9-16(24)11-15)10-19-20(27)26(12-18-2-1-7-30-18)22(31-19)25-17-5-3-14(4-6-17)21(28)29/h1-9,11,19H,10,12H2,(H,28,29). The van der Waals surface area contributed by atoms with Crippen molar-refractivity contribution in [3.63, 3.8) is 0 Å². The summed E-state index contributed by atoms with van der Waals surface area (Å²) in [5, 5.41) is 10.2. The molecular weight excluding hydrogens is 459 g/mol. The normalized spacial score (nSPS) is 17.5. The summed E-state index contributed by atoms with van der Waals surface area (Å²) in [6, 6.07) is 14.9. The summed E-state index contributed by atoms with van der Waals surface area (Å²) in [7, 11) is 0. The van der Waals surface area contributed by atoms with Crippen molar-refractivity contribution in [1.82, 2.24) is 4.90 Å². The van der Waals surface area contributed by atoms with Crippen molar-refractivity contribution in [2.45, 2.75) is 18.2 Å². The molecule has 1 unspecified atom stereocenters. The third-order valence-electron chi connectivity index (χ3n) is 4.60. The third kappa shape index (κ3) is 5.12. The van der Waals surface area contributed by atoms with Crippen LogP contribution in [0.3, 0.4) is 0 Å². The number of hydrogen-bond acceptors (Lipinski definition) is 5. The number of halogens is 2. The molecule has 1 saturated heterocycles. The van der Waals surface area contributed by atoms with Gasteiger partial charge >= 0.3 is 5.97 Å². The second-order valence-corrected chi connectivity index (χ2v) is 8.88. The monoisotopic (exact) mass is 474 g/mol. The molecule has 2 aromatic carbocycles. The van der Waals surface area contributed by atoms with Gasteiger partial charge in [-0.3, -0.25) is 9.69 Å². The van der Waals surface area contributed by atoms with Crippen molar-refractivity contribution >= 4 is 57.7 Å². The molecule has 6 nitrogen and oxygen atoms in total. The van der Waals surface area contributed by atoms with Gasteiger partial charge in [0.25, 0.3) is 0 Å². The first-order valence-electron chi connectivity index (χ1n) is 9.26. The van der Waals surface area contributed by atoms with Crippen LogP contribution in [0.25, 0.3) is 0 Å². The summed E-state index contributed by atoms with van der Waals surface area (Å²) in [6.07, 6.45) is 1.99. The van der Waals surface area contributed by atoms with Crippen molar-refractivity contribution in [1.29, 1.82) is 0 Å². The van der Waals surface area contributed by atoms with Crippen LogP contribution in [0.2, 0.25) is 10.0 Å². The van der Waals surface area contributed by atoms with Crippen LogP contribution in [-0.2, 0) is 17.8 Å². The Hall–Kier alpha value is -2.74. The van der Waals surface area contributed by atoms with Gasteiger partial charge in [-0.25, -0.2) is 9.79 Å². The maximum atomic E-state index is 13.2. The number of amides is 1. The van der Waals surface area contributed by atoms with Crippen LogP contribution in [0.4, 0.5) is 5.69 Å². The summed E-state index contributed by atoms with van der Waals surface area (Å²) in [6.45, 7) is 0.248. The van der Waals surface area contributed by atoms with Gasteiger partial charge in [0.05, 0.1) is 29.3 Å². The molecule has 1 aliphatic rings. The molecular formula is C22H16Cl2N2O4S. The zero-order valence-electron chi connectivity index (χ0n) is 16.0. The van der Waals surface area contributed by atoms with Gasteiger partial charge in [-0.1, -0.05) is 35.0 Å². The summed E-state index contributed by atoms with van der Waals surface area (Å²) < 4.78 is 5.41. The number of furan rings is 1. The Kier molecular flexibility index (Phi) is 6.36. The fourth-order valence-corrected chi connectivity index (χ4v) is 4.93. The largest absolute Gasteiger partial charge is 0.478 e. The van der Waals surface area contributed by atoms with Crippen LogP contribution in [0.5, 0.6) is 0 Å². The second-order valence-electron chi connectivity index (χ2n) is 6.84. The Bertz CT molecular complexity index is 1130. The molecule has 0 saturated carbocycles. The van der Waals surface area contributed by atoms with Gasteiger partial charge in [0, 0.05) is 10.0 Å². The Balaban J connectivity index is 1.62. The van der Waals surface area contributed by atoms with Gasteiger partial charge in [0.2, 0.25) is 5.91 Å². The maximum Gasteiger partial charge on any atom is 0.335 e. The molecule has 1 aromatic heterocycles. The third-order valence-corrected chi connectivity index (χ3v) is 6.21. The van der Waals surface area contributed by atoms with Crippen molar-refractivity contribution in [3.8, 4) is 0 Å². The first-order chi connectivity index (χ1) is 14.9. The number of carboxylic acids is 1. The summed E-state index contributed by atoms with van der Waals surface area (Å²) in [4.78, 5) is 30.4. The van der Waals surface area contributed by atoms with Crippen molar-refractivity contribution in [2.75, 3.05) is 0 Å². The molecule has 1 amide bonds. The molecule has 1 N–H and O–H groups in total. The van der Waals surface area contributed by atoms with E-state index in [0.29, 0.717) is 33.1 Å². The number of aliphatic imine (C=N–C) groups is 1. The van der Waals surface area contributed by atoms with Gasteiger partial charge in [-0.2, -0.15) is 0 Å². The molecule has 9 heteroatoms. The second kappa shape index (κ2) is 9.18. The van der Waals surface area contributed by atoms with E-state index in [4.69, 9.17) is 32.7 Å². The summed E-state index contributed by atoms with van der Waals surface area (Å²) in [5.74, 6) is -0.475. The molecule has 3 aromatic rings. The topological polar surface area (TPSA) is 83.1 Å². The van der Waals surface area contributed by atoms with Crippen LogP contribution in [-0.4, -0.2) is 32.3 Å². The van der Waals surface area contributed by atoms with E-state index in [-0.39, 0.29) is 18.0 Å². The molecule has 1 aliphatic heterocycles. The zero-order valence-corrected chi connectivity index (χ0v) is 18.3. The highest BCUT2D eigenvalue weighted by Gasteiger charge is 2.38. The number of aromatic carboxylic acids is 1. The molecule has 0 spiro atoms. The Labute approximate surface area is 192 Å². The van der Waals surface area contributed by atoms with E-state index in [1.54, 1.807) is 53.6 Å². The van der Waals surface area contributed by atoms with E-state index in [2.05, 4.69) is 4.99 Å². The summed E-state index contributed by atoms with van der Waals surface area (Å²) in [5.41, 5.74) is 1.58. The number of amidine groups is 1. The molecule has 1 fully saturated rings. The SMILES string of the molecule is O=C(O)c1ccc(N=C2SC(Cc3cc(Cl)cc(Cl)c3)C(=O)N2Cc2ccco2)cc1. The van der Waals surface area contributed by atoms with Crippen LogP contribution in [0.1, 0.15) is 21.7 Å². The number of carbonyl (C=O) groups is 2. The van der Waals surface area contributed by atoms with Crippen LogP contribution in [0, 0.1) is 0 Å². The lowest BCUT2D eigenvalue weighted by Crippen LogP contribution is -2.32. The number of carboxylic acid groups (broad SMARTS) is 1. The average molecular weight is 475 g/mol. The van der Waals surface area contributed by atoms with E-state index < -0.39 is 11.2 Å². The van der Waals surface area contributed by atoms with E-state index in [9.17, 15) is 9.59 Å².